The lowest BCUT2D eigenvalue weighted by Gasteiger charge is -2.34. The molecule has 0 spiro atoms. The number of thiophene rings is 1. The molecule has 1 saturated carbocycles. The van der Waals surface area contributed by atoms with Crippen LogP contribution in [0.4, 0.5) is 0 Å². The van der Waals surface area contributed by atoms with Crippen LogP contribution in [0.1, 0.15) is 27.4 Å². The van der Waals surface area contributed by atoms with E-state index >= 15 is 0 Å². The van der Waals surface area contributed by atoms with Crippen LogP contribution >= 0.6 is 11.3 Å². The molecule has 112 valence electrons. The lowest BCUT2D eigenvalue weighted by Crippen LogP contribution is -2.49. The molecule has 1 aliphatic heterocycles. The van der Waals surface area contributed by atoms with Gasteiger partial charge in [-0.1, -0.05) is 0 Å². The first-order chi connectivity index (χ1) is 10.1. The SMILES string of the molecule is O=C(O)C=Cc1ccc(C(=O)N2CCN(C3CC3)CC2)s1. The van der Waals surface area contributed by atoms with E-state index in [-0.39, 0.29) is 5.91 Å². The molecule has 0 unspecified atom stereocenters. The smallest absolute Gasteiger partial charge is 0.328 e. The fraction of sp³-hybridized carbons (Fsp3) is 0.467. The van der Waals surface area contributed by atoms with Gasteiger partial charge in [-0.05, 0) is 31.1 Å². The molecule has 0 bridgehead atoms. The average Bonchev–Trinajstić information content (AvgIpc) is 3.23. The molecule has 2 aliphatic rings. The van der Waals surface area contributed by atoms with Crippen molar-refractivity contribution in [1.29, 1.82) is 0 Å². The number of amides is 1. The van der Waals surface area contributed by atoms with Crippen LogP contribution in [-0.2, 0) is 4.79 Å². The maximum absolute atomic E-state index is 12.4. The summed E-state index contributed by atoms with van der Waals surface area (Å²) >= 11 is 1.34. The third kappa shape index (κ3) is 3.51. The van der Waals surface area contributed by atoms with Gasteiger partial charge in [-0.25, -0.2) is 4.79 Å². The normalized spacial score (nSPS) is 20.1. The van der Waals surface area contributed by atoms with Crippen LogP contribution in [0.2, 0.25) is 0 Å². The molecule has 2 fully saturated rings. The third-order valence-corrected chi connectivity index (χ3v) is 4.93. The van der Waals surface area contributed by atoms with E-state index in [2.05, 4.69) is 4.90 Å². The summed E-state index contributed by atoms with van der Waals surface area (Å²) in [6, 6.07) is 4.33. The first kappa shape index (κ1) is 14.3. The van der Waals surface area contributed by atoms with Crippen molar-refractivity contribution in [2.24, 2.45) is 0 Å². The van der Waals surface area contributed by atoms with Gasteiger partial charge >= 0.3 is 5.97 Å². The maximum Gasteiger partial charge on any atom is 0.328 e. The molecule has 0 atom stereocenters. The van der Waals surface area contributed by atoms with Gasteiger partial charge in [0.05, 0.1) is 4.88 Å². The van der Waals surface area contributed by atoms with Crippen LogP contribution in [0.15, 0.2) is 18.2 Å². The Morgan fingerprint density at radius 1 is 1.19 bits per heavy atom. The molecule has 1 saturated heterocycles. The van der Waals surface area contributed by atoms with Gasteiger partial charge in [0.1, 0.15) is 0 Å². The number of hydrogen-bond acceptors (Lipinski definition) is 4. The topological polar surface area (TPSA) is 60.9 Å². The first-order valence-electron chi connectivity index (χ1n) is 7.17. The summed E-state index contributed by atoms with van der Waals surface area (Å²) in [5.41, 5.74) is 0. The molecule has 5 nitrogen and oxygen atoms in total. The molecule has 0 aromatic carbocycles. The van der Waals surface area contributed by atoms with Gasteiger partial charge < -0.3 is 10.0 Å². The van der Waals surface area contributed by atoms with Crippen molar-refractivity contribution in [3.63, 3.8) is 0 Å². The second-order valence-corrected chi connectivity index (χ2v) is 6.55. The molecule has 2 heterocycles. The van der Waals surface area contributed by atoms with E-state index < -0.39 is 5.97 Å². The Kier molecular flexibility index (Phi) is 4.07. The summed E-state index contributed by atoms with van der Waals surface area (Å²) in [7, 11) is 0. The van der Waals surface area contributed by atoms with E-state index in [9.17, 15) is 9.59 Å². The van der Waals surface area contributed by atoms with E-state index in [1.807, 2.05) is 4.90 Å². The van der Waals surface area contributed by atoms with Gasteiger partial charge in [-0.2, -0.15) is 0 Å². The molecular weight excluding hydrogens is 288 g/mol. The zero-order valence-corrected chi connectivity index (χ0v) is 12.5. The summed E-state index contributed by atoms with van der Waals surface area (Å²) in [4.78, 5) is 28.7. The van der Waals surface area contributed by atoms with Crippen molar-refractivity contribution < 1.29 is 14.7 Å². The van der Waals surface area contributed by atoms with E-state index in [4.69, 9.17) is 5.11 Å². The highest BCUT2D eigenvalue weighted by Crippen LogP contribution is 2.28. The zero-order chi connectivity index (χ0) is 14.8. The number of carboxylic acids is 1. The third-order valence-electron chi connectivity index (χ3n) is 3.89. The number of carboxylic acid groups (broad SMARTS) is 1. The molecule has 21 heavy (non-hydrogen) atoms. The van der Waals surface area contributed by atoms with Crippen LogP contribution in [0.25, 0.3) is 6.08 Å². The van der Waals surface area contributed by atoms with Crippen molar-refractivity contribution in [3.05, 3.63) is 28.0 Å². The van der Waals surface area contributed by atoms with Gasteiger partial charge in [0.25, 0.3) is 5.91 Å². The predicted molar refractivity (Wildman–Crippen MR) is 81.5 cm³/mol. The average molecular weight is 306 g/mol. The lowest BCUT2D eigenvalue weighted by atomic mass is 10.3. The minimum absolute atomic E-state index is 0.0606. The minimum Gasteiger partial charge on any atom is -0.478 e. The Morgan fingerprint density at radius 2 is 1.90 bits per heavy atom. The molecule has 1 aromatic heterocycles. The van der Waals surface area contributed by atoms with E-state index in [0.29, 0.717) is 4.88 Å². The monoisotopic (exact) mass is 306 g/mol. The Bertz CT molecular complexity index is 569. The number of piperazine rings is 1. The molecule has 1 N–H and O–H groups in total. The molecule has 0 radical (unpaired) electrons. The van der Waals surface area contributed by atoms with Crippen LogP contribution in [-0.4, -0.2) is 59.0 Å². The minimum atomic E-state index is -0.979. The Morgan fingerprint density at radius 3 is 2.52 bits per heavy atom. The molecule has 6 heteroatoms. The molecule has 1 aliphatic carbocycles. The van der Waals surface area contributed by atoms with E-state index in [1.54, 1.807) is 12.1 Å². The standard InChI is InChI=1S/C15H18N2O3S/c18-14(19)6-4-12-3-5-13(21-12)15(20)17-9-7-16(8-10-17)11-1-2-11/h3-6,11H,1-2,7-10H2,(H,18,19). The van der Waals surface area contributed by atoms with E-state index in [0.717, 1.165) is 43.2 Å². The number of rotatable bonds is 4. The number of aliphatic carboxylic acids is 1. The zero-order valence-electron chi connectivity index (χ0n) is 11.7. The van der Waals surface area contributed by atoms with Gasteiger partial charge in [0.2, 0.25) is 0 Å². The predicted octanol–water partition coefficient (Wildman–Crippen LogP) is 1.77. The first-order valence-corrected chi connectivity index (χ1v) is 7.99. The van der Waals surface area contributed by atoms with Gasteiger partial charge in [0, 0.05) is 43.2 Å². The highest BCUT2D eigenvalue weighted by Gasteiger charge is 2.32. The maximum atomic E-state index is 12.4. The molecular formula is C15H18N2O3S. The second kappa shape index (κ2) is 5.99. The summed E-state index contributed by atoms with van der Waals surface area (Å²) in [6.45, 7) is 3.50. The van der Waals surface area contributed by atoms with Crippen LogP contribution in [0, 0.1) is 0 Å². The Balaban J connectivity index is 1.59. The second-order valence-electron chi connectivity index (χ2n) is 5.43. The quantitative estimate of drug-likeness (QED) is 0.861. The van der Waals surface area contributed by atoms with Crippen molar-refractivity contribution in [2.75, 3.05) is 26.2 Å². The number of nitrogens with zero attached hydrogens (tertiary/aromatic N) is 2. The van der Waals surface area contributed by atoms with Crippen molar-refractivity contribution in [1.82, 2.24) is 9.80 Å². The van der Waals surface area contributed by atoms with Gasteiger partial charge in [0.15, 0.2) is 0 Å². The lowest BCUT2D eigenvalue weighted by molar-refractivity contribution is -0.131. The Labute approximate surface area is 127 Å². The van der Waals surface area contributed by atoms with Crippen molar-refractivity contribution >= 4 is 29.3 Å². The van der Waals surface area contributed by atoms with Crippen LogP contribution in [0.5, 0.6) is 0 Å². The number of hydrogen-bond donors (Lipinski definition) is 1. The van der Waals surface area contributed by atoms with Gasteiger partial charge in [-0.15, -0.1) is 11.3 Å². The Hall–Kier alpha value is -1.66. The van der Waals surface area contributed by atoms with Crippen LogP contribution in [0.3, 0.4) is 0 Å². The summed E-state index contributed by atoms with van der Waals surface area (Å²) in [5, 5.41) is 8.61. The fourth-order valence-corrected chi connectivity index (χ4v) is 3.48. The molecule has 1 amide bonds. The van der Waals surface area contributed by atoms with Crippen molar-refractivity contribution in [3.8, 4) is 0 Å². The largest absolute Gasteiger partial charge is 0.478 e. The van der Waals surface area contributed by atoms with Crippen molar-refractivity contribution in [2.45, 2.75) is 18.9 Å². The summed E-state index contributed by atoms with van der Waals surface area (Å²) < 4.78 is 0. The molecule has 1 aromatic rings. The fourth-order valence-electron chi connectivity index (χ4n) is 2.60. The van der Waals surface area contributed by atoms with Crippen LogP contribution < -0.4 is 0 Å². The summed E-state index contributed by atoms with van der Waals surface area (Å²) in [5.74, 6) is -0.919. The van der Waals surface area contributed by atoms with Gasteiger partial charge in [-0.3, -0.25) is 9.69 Å². The summed E-state index contributed by atoms with van der Waals surface area (Å²) in [6.07, 6.45) is 5.22. The molecule has 3 rings (SSSR count). The highest BCUT2D eigenvalue weighted by atomic mass is 32.1. The highest BCUT2D eigenvalue weighted by molar-refractivity contribution is 7.14. The van der Waals surface area contributed by atoms with E-state index in [1.165, 1.54) is 30.3 Å². The number of carbonyl (C=O) groups excluding carboxylic acids is 1. The number of carbonyl (C=O) groups is 2.